The van der Waals surface area contributed by atoms with E-state index >= 15 is 0 Å². The average Bonchev–Trinajstić information content (AvgIpc) is 2.01. The minimum Gasteiger partial charge on any atom is -0.545 e. The van der Waals surface area contributed by atoms with Crippen molar-refractivity contribution in [3.05, 3.63) is 0 Å². The molecule has 0 aliphatic rings. The molecule has 0 radical (unpaired) electrons. The summed E-state index contributed by atoms with van der Waals surface area (Å²) >= 11 is 6.64. The Bertz CT molecular complexity index is 28.3. The van der Waals surface area contributed by atoms with Crippen molar-refractivity contribution in [3.63, 3.8) is 0 Å². The zero-order valence-electron chi connectivity index (χ0n) is 4.07. The van der Waals surface area contributed by atoms with Gasteiger partial charge in [0.2, 0.25) is 0 Å². The predicted molar refractivity (Wildman–Crippen MR) is 38.1 cm³/mol. The molecule has 0 N–H and O–H groups in total. The Morgan fingerprint density at radius 1 is 0.778 bits per heavy atom. The third-order valence-corrected chi connectivity index (χ3v) is 0. The van der Waals surface area contributed by atoms with Gasteiger partial charge in [0, 0.05) is 0 Å². The molecular weight excluding hydrogens is 345 g/mol. The van der Waals surface area contributed by atoms with Gasteiger partial charge in [0.1, 0.15) is 0 Å². The van der Waals surface area contributed by atoms with Crippen molar-refractivity contribution < 1.29 is 27.6 Å². The number of hydrogen-bond acceptors (Lipinski definition) is 3. The van der Waals surface area contributed by atoms with Crippen LogP contribution in [0.3, 0.4) is 0 Å². The summed E-state index contributed by atoms with van der Waals surface area (Å²) in [7, 11) is 0. The van der Waals surface area contributed by atoms with E-state index in [4.69, 9.17) is 14.4 Å². The molecule has 0 amide bonds. The van der Waals surface area contributed by atoms with Crippen LogP contribution in [0.15, 0.2) is 0 Å². The second-order valence-corrected chi connectivity index (χ2v) is 8.07. The smallest absolute Gasteiger partial charge is 0.282 e. The van der Waals surface area contributed by atoms with Crippen LogP contribution in [0, 0.1) is 0 Å². The van der Waals surface area contributed by atoms with Crippen molar-refractivity contribution in [3.8, 4) is 0 Å². The van der Waals surface area contributed by atoms with Gasteiger partial charge in [-0.2, -0.15) is 0 Å². The topological polar surface area (TPSA) is 51.2 Å². The van der Waals surface area contributed by atoms with E-state index in [1.165, 1.54) is 0 Å². The van der Waals surface area contributed by atoms with Crippen LogP contribution in [-0.2, 0) is 27.6 Å². The van der Waals surface area contributed by atoms with E-state index in [-0.39, 0.29) is 0 Å². The molecule has 0 aliphatic heterocycles. The molecule has 0 aliphatic carbocycles. The summed E-state index contributed by atoms with van der Waals surface area (Å²) < 4.78 is 0. The van der Waals surface area contributed by atoms with E-state index in [2.05, 4.69) is 47.6 Å². The Kier molecular flexibility index (Phi) is 491. The van der Waals surface area contributed by atoms with E-state index in [0.717, 1.165) is 0 Å². The van der Waals surface area contributed by atoms with Crippen LogP contribution in [0.1, 0.15) is 0 Å². The van der Waals surface area contributed by atoms with Gasteiger partial charge >= 0.3 is 40.5 Å². The quantitative estimate of drug-likeness (QED) is 0.371. The van der Waals surface area contributed by atoms with Gasteiger partial charge in [-0.1, -0.05) is 0 Å². The van der Waals surface area contributed by atoms with E-state index in [1.807, 2.05) is 0 Å². The molecule has 58 valence electrons. The monoisotopic (exact) mass is 347 g/mol. The normalized spacial score (nSPS) is 3.78. The maximum absolute atomic E-state index is 7.75. The van der Waals surface area contributed by atoms with E-state index in [1.54, 1.807) is 0 Å². The molecule has 0 spiro atoms. The Hall–Kier alpha value is 0.593. The first kappa shape index (κ1) is 22.6. The van der Waals surface area contributed by atoms with Crippen LogP contribution in [0.5, 0.6) is 0 Å². The van der Waals surface area contributed by atoms with Crippen LogP contribution < -0.4 is 0 Å². The summed E-state index contributed by atoms with van der Waals surface area (Å²) in [5.74, 6) is 0. The predicted octanol–water partition coefficient (Wildman–Crippen LogP) is 0.866. The van der Waals surface area contributed by atoms with Crippen molar-refractivity contribution in [2.45, 2.75) is 0 Å². The fraction of sp³-hybridized carbons (Fsp3) is 0. The molecule has 0 heterocycles. The molecule has 0 fully saturated rings. The van der Waals surface area contributed by atoms with Gasteiger partial charge in [0.15, 0.2) is 0 Å². The second kappa shape index (κ2) is 195. The van der Waals surface area contributed by atoms with Crippen LogP contribution in [-0.4, -0.2) is 20.4 Å². The first-order valence-electron chi connectivity index (χ1n) is 0.974. The van der Waals surface area contributed by atoms with Gasteiger partial charge in [-0.05, 0) is 0 Å². The maximum Gasteiger partial charge on any atom is -0.282 e. The zero-order valence-corrected chi connectivity index (χ0v) is 8.98. The molecule has 0 saturated heterocycles. The largest absolute Gasteiger partial charge is 0.545 e. The molecule has 0 atom stereocenters. The molecule has 0 aromatic rings. The first-order chi connectivity index (χ1) is 4.41. The Morgan fingerprint density at radius 2 is 0.778 bits per heavy atom. The number of hydrogen-bond donors (Lipinski definition) is 0. The van der Waals surface area contributed by atoms with Crippen LogP contribution >= 0.6 is 27.2 Å². The molecule has 0 aromatic carbocycles. The minimum atomic E-state index is 0.335. The van der Waals surface area contributed by atoms with Gasteiger partial charge in [-0.25, -0.2) is 0 Å². The van der Waals surface area contributed by atoms with Crippen molar-refractivity contribution in [1.29, 1.82) is 0 Å². The number of halogens is 2. The molecule has 0 rings (SSSR count). The van der Waals surface area contributed by atoms with Gasteiger partial charge < -0.3 is 14.4 Å². The van der Waals surface area contributed by atoms with Crippen LogP contribution in [0.2, 0.25) is 0 Å². The Labute approximate surface area is 74.9 Å². The minimum absolute atomic E-state index is 0.335. The molecular formula is C3H3Br2O3Ru-3. The fourth-order valence-electron chi connectivity index (χ4n) is 0. The summed E-state index contributed by atoms with van der Waals surface area (Å²) in [6, 6.07) is 0. The van der Waals surface area contributed by atoms with Crippen molar-refractivity contribution in [1.82, 2.24) is 0 Å². The molecule has 6 heteroatoms. The Balaban J connectivity index is -0.0000000190. The van der Waals surface area contributed by atoms with E-state index in [0.29, 0.717) is 13.2 Å². The fourth-order valence-corrected chi connectivity index (χ4v) is 0. The summed E-state index contributed by atoms with van der Waals surface area (Å²) in [6.45, 7) is 9.75. The summed E-state index contributed by atoms with van der Waals surface area (Å²) in [5.41, 5.74) is 0. The van der Waals surface area contributed by atoms with Gasteiger partial charge in [-0.15, -0.1) is 0 Å². The van der Waals surface area contributed by atoms with Gasteiger partial charge in [-0.3, -0.25) is 20.4 Å². The number of carbonyl (C=O) groups excluding carboxylic acids is 3. The SMILES string of the molecule is [Br][Ru][Br].[CH-]=O.[CH-]=O.[CH-]=O. The molecule has 0 saturated carbocycles. The standard InChI is InChI=1S/3CHO.2BrH.Ru/c3*1-2;;;/h3*1H;2*1H;/q3*-1;;;+2/p-2. The molecule has 3 nitrogen and oxygen atoms in total. The van der Waals surface area contributed by atoms with E-state index in [9.17, 15) is 0 Å². The van der Waals surface area contributed by atoms with E-state index < -0.39 is 0 Å². The van der Waals surface area contributed by atoms with Crippen LogP contribution in [0.4, 0.5) is 0 Å². The summed E-state index contributed by atoms with van der Waals surface area (Å²) in [5, 5.41) is 0. The van der Waals surface area contributed by atoms with Gasteiger partial charge in [0.05, 0.1) is 0 Å². The second-order valence-electron chi connectivity index (χ2n) is 0.0505. The summed E-state index contributed by atoms with van der Waals surface area (Å²) in [4.78, 5) is 23.2. The zero-order chi connectivity index (χ0) is 8.71. The van der Waals surface area contributed by atoms with Crippen LogP contribution in [0.25, 0.3) is 0 Å². The third-order valence-electron chi connectivity index (χ3n) is 0. The summed E-state index contributed by atoms with van der Waals surface area (Å²) in [6.07, 6.45) is 0. The van der Waals surface area contributed by atoms with Crippen molar-refractivity contribution in [2.75, 3.05) is 0 Å². The molecule has 0 bridgehead atoms. The van der Waals surface area contributed by atoms with Crippen molar-refractivity contribution in [2.24, 2.45) is 0 Å². The number of rotatable bonds is 0. The molecule has 0 aromatic heterocycles. The first-order valence-corrected chi connectivity index (χ1v) is 8.92. The van der Waals surface area contributed by atoms with Gasteiger partial charge in [0.25, 0.3) is 0 Å². The third kappa shape index (κ3) is 1060. The molecule has 0 unspecified atom stereocenters. The van der Waals surface area contributed by atoms with Crippen molar-refractivity contribution >= 4 is 47.6 Å². The molecule has 9 heavy (non-hydrogen) atoms. The maximum atomic E-state index is 7.75. The Morgan fingerprint density at radius 3 is 0.778 bits per heavy atom. The average molecular weight is 348 g/mol.